The minimum absolute atomic E-state index is 0.0221. The van der Waals surface area contributed by atoms with Crippen LogP contribution in [-0.4, -0.2) is 24.7 Å². The molecular formula is C17H18F3N7. The standard InChI is InChI=1S/C17H18F3N7/c1-9-14(17(18,19)20)15(21)26-16(24-9)25-13-8-23-27(11(13)3)10(2)12-6-4-5-7-22-12/h4-8,10H,1-3H3,(H3,21,24,25,26). The highest BCUT2D eigenvalue weighted by Gasteiger charge is 2.36. The summed E-state index contributed by atoms with van der Waals surface area (Å²) in [5.74, 6) is -0.643. The van der Waals surface area contributed by atoms with Crippen LogP contribution in [0.4, 0.5) is 30.6 Å². The number of anilines is 3. The maximum absolute atomic E-state index is 13.0. The van der Waals surface area contributed by atoms with E-state index in [2.05, 4.69) is 25.4 Å². The summed E-state index contributed by atoms with van der Waals surface area (Å²) < 4.78 is 40.7. The molecule has 7 nitrogen and oxygen atoms in total. The average Bonchev–Trinajstić information content (AvgIpc) is 2.94. The number of nitrogens with zero attached hydrogens (tertiary/aromatic N) is 5. The highest BCUT2D eigenvalue weighted by Crippen LogP contribution is 2.35. The molecule has 0 saturated heterocycles. The number of nitrogen functional groups attached to an aromatic ring is 1. The summed E-state index contributed by atoms with van der Waals surface area (Å²) in [6.45, 7) is 5.02. The number of hydrogen-bond acceptors (Lipinski definition) is 6. The summed E-state index contributed by atoms with van der Waals surface area (Å²) in [4.78, 5) is 11.9. The largest absolute Gasteiger partial charge is 0.421 e. The Kier molecular flexibility index (Phi) is 4.73. The number of pyridine rings is 1. The first-order valence-corrected chi connectivity index (χ1v) is 8.12. The fraction of sp³-hybridized carbons (Fsp3) is 0.294. The lowest BCUT2D eigenvalue weighted by Gasteiger charge is -2.15. The van der Waals surface area contributed by atoms with Crippen molar-refractivity contribution >= 4 is 17.5 Å². The van der Waals surface area contributed by atoms with Crippen molar-refractivity contribution in [2.24, 2.45) is 0 Å². The van der Waals surface area contributed by atoms with Gasteiger partial charge in [-0.2, -0.15) is 23.3 Å². The van der Waals surface area contributed by atoms with E-state index in [4.69, 9.17) is 5.73 Å². The zero-order chi connectivity index (χ0) is 19.8. The van der Waals surface area contributed by atoms with Gasteiger partial charge >= 0.3 is 6.18 Å². The summed E-state index contributed by atoms with van der Waals surface area (Å²) >= 11 is 0. The van der Waals surface area contributed by atoms with Gasteiger partial charge in [-0.15, -0.1) is 0 Å². The predicted molar refractivity (Wildman–Crippen MR) is 94.5 cm³/mol. The number of alkyl halides is 3. The van der Waals surface area contributed by atoms with Crippen molar-refractivity contribution in [1.82, 2.24) is 24.7 Å². The molecule has 27 heavy (non-hydrogen) atoms. The van der Waals surface area contributed by atoms with Gasteiger partial charge in [0.1, 0.15) is 11.4 Å². The Labute approximate surface area is 153 Å². The SMILES string of the molecule is Cc1nc(Nc2cnn(C(C)c3ccccn3)c2C)nc(N)c1C(F)(F)F. The molecule has 3 aromatic heterocycles. The van der Waals surface area contributed by atoms with Crippen LogP contribution in [0.25, 0.3) is 0 Å². The smallest absolute Gasteiger partial charge is 0.383 e. The van der Waals surface area contributed by atoms with E-state index in [1.807, 2.05) is 32.0 Å². The predicted octanol–water partition coefficient (Wildman–Crippen LogP) is 3.64. The molecule has 0 aliphatic rings. The maximum atomic E-state index is 13.0. The van der Waals surface area contributed by atoms with Gasteiger partial charge in [0.15, 0.2) is 0 Å². The summed E-state index contributed by atoms with van der Waals surface area (Å²) in [5, 5.41) is 7.22. The first-order valence-electron chi connectivity index (χ1n) is 8.12. The molecule has 10 heteroatoms. The maximum Gasteiger partial charge on any atom is 0.421 e. The first kappa shape index (κ1) is 18.6. The van der Waals surface area contributed by atoms with Crippen LogP contribution in [0.1, 0.15) is 35.6 Å². The zero-order valence-electron chi connectivity index (χ0n) is 14.9. The Hall–Kier alpha value is -3.17. The number of hydrogen-bond donors (Lipinski definition) is 2. The fourth-order valence-electron chi connectivity index (χ4n) is 2.81. The molecule has 1 unspecified atom stereocenters. The number of nitrogens with two attached hydrogens (primary N) is 1. The van der Waals surface area contributed by atoms with Crippen LogP contribution in [0.5, 0.6) is 0 Å². The molecule has 3 rings (SSSR count). The van der Waals surface area contributed by atoms with E-state index in [-0.39, 0.29) is 17.7 Å². The van der Waals surface area contributed by atoms with Gasteiger partial charge in [-0.1, -0.05) is 6.07 Å². The number of aryl methyl sites for hydroxylation is 1. The molecule has 0 bridgehead atoms. The van der Waals surface area contributed by atoms with Crippen LogP contribution in [0.3, 0.4) is 0 Å². The number of aromatic nitrogens is 5. The van der Waals surface area contributed by atoms with Crippen molar-refractivity contribution in [1.29, 1.82) is 0 Å². The van der Waals surface area contributed by atoms with Crippen molar-refractivity contribution in [2.75, 3.05) is 11.1 Å². The summed E-state index contributed by atoms with van der Waals surface area (Å²) in [6.07, 6.45) is -1.35. The number of halogens is 3. The third-order valence-electron chi connectivity index (χ3n) is 4.18. The Bertz CT molecular complexity index is 928. The molecule has 0 aromatic carbocycles. The van der Waals surface area contributed by atoms with Crippen molar-refractivity contribution < 1.29 is 13.2 Å². The Morgan fingerprint density at radius 2 is 1.93 bits per heavy atom. The van der Waals surface area contributed by atoms with E-state index in [0.29, 0.717) is 5.69 Å². The van der Waals surface area contributed by atoms with Crippen molar-refractivity contribution in [3.8, 4) is 0 Å². The van der Waals surface area contributed by atoms with Gasteiger partial charge in [0.25, 0.3) is 0 Å². The second-order valence-electron chi connectivity index (χ2n) is 6.03. The second-order valence-corrected chi connectivity index (χ2v) is 6.03. The molecule has 0 amide bonds. The van der Waals surface area contributed by atoms with Gasteiger partial charge in [-0.05, 0) is 32.9 Å². The quantitative estimate of drug-likeness (QED) is 0.721. The van der Waals surface area contributed by atoms with Gasteiger partial charge in [0.05, 0.1) is 35.0 Å². The highest BCUT2D eigenvalue weighted by atomic mass is 19.4. The van der Waals surface area contributed by atoms with Crippen LogP contribution >= 0.6 is 0 Å². The molecule has 0 radical (unpaired) electrons. The van der Waals surface area contributed by atoms with Crippen LogP contribution in [0, 0.1) is 13.8 Å². The molecular weight excluding hydrogens is 359 g/mol. The third kappa shape index (κ3) is 3.69. The van der Waals surface area contributed by atoms with E-state index in [1.54, 1.807) is 17.1 Å². The molecule has 3 aromatic rings. The van der Waals surface area contributed by atoms with E-state index in [9.17, 15) is 13.2 Å². The minimum Gasteiger partial charge on any atom is -0.383 e. The summed E-state index contributed by atoms with van der Waals surface area (Å²) in [5.41, 5.74) is 6.38. The van der Waals surface area contributed by atoms with E-state index < -0.39 is 17.6 Å². The van der Waals surface area contributed by atoms with Gasteiger partial charge in [0.2, 0.25) is 5.95 Å². The molecule has 0 fully saturated rings. The highest BCUT2D eigenvalue weighted by molar-refractivity contribution is 5.58. The monoisotopic (exact) mass is 377 g/mol. The van der Waals surface area contributed by atoms with Crippen molar-refractivity contribution in [2.45, 2.75) is 33.0 Å². The lowest BCUT2D eigenvalue weighted by molar-refractivity contribution is -0.137. The second kappa shape index (κ2) is 6.86. The first-order chi connectivity index (χ1) is 12.7. The number of nitrogens with one attached hydrogen (secondary N) is 1. The van der Waals surface area contributed by atoms with Gasteiger partial charge in [-0.3, -0.25) is 9.67 Å². The molecule has 3 heterocycles. The average molecular weight is 377 g/mol. The Morgan fingerprint density at radius 3 is 2.52 bits per heavy atom. The Balaban J connectivity index is 1.89. The summed E-state index contributed by atoms with van der Waals surface area (Å²) in [6, 6.07) is 5.48. The van der Waals surface area contributed by atoms with E-state index in [1.165, 1.54) is 6.92 Å². The van der Waals surface area contributed by atoms with Crippen LogP contribution < -0.4 is 11.1 Å². The van der Waals surface area contributed by atoms with Gasteiger partial charge in [-0.25, -0.2) is 4.98 Å². The van der Waals surface area contributed by atoms with Crippen LogP contribution in [0.2, 0.25) is 0 Å². The fourth-order valence-corrected chi connectivity index (χ4v) is 2.81. The summed E-state index contributed by atoms with van der Waals surface area (Å²) in [7, 11) is 0. The van der Waals surface area contributed by atoms with Crippen molar-refractivity contribution in [3.05, 3.63) is 53.2 Å². The van der Waals surface area contributed by atoms with Gasteiger partial charge in [0, 0.05) is 6.20 Å². The molecule has 3 N–H and O–H groups in total. The van der Waals surface area contributed by atoms with Crippen LogP contribution in [0.15, 0.2) is 30.6 Å². The lowest BCUT2D eigenvalue weighted by atomic mass is 10.2. The Morgan fingerprint density at radius 1 is 1.19 bits per heavy atom. The molecule has 0 spiro atoms. The van der Waals surface area contributed by atoms with E-state index in [0.717, 1.165) is 11.4 Å². The topological polar surface area (TPSA) is 94.5 Å². The van der Waals surface area contributed by atoms with E-state index >= 15 is 0 Å². The molecule has 1 atom stereocenters. The molecule has 0 saturated carbocycles. The normalized spacial score (nSPS) is 12.8. The molecule has 0 aliphatic heterocycles. The molecule has 0 aliphatic carbocycles. The minimum atomic E-state index is -4.61. The number of rotatable bonds is 4. The third-order valence-corrected chi connectivity index (χ3v) is 4.18. The zero-order valence-corrected chi connectivity index (χ0v) is 14.9. The lowest BCUT2D eigenvalue weighted by Crippen LogP contribution is -2.15. The van der Waals surface area contributed by atoms with Crippen LogP contribution in [-0.2, 0) is 6.18 Å². The van der Waals surface area contributed by atoms with Gasteiger partial charge < -0.3 is 11.1 Å². The molecule has 142 valence electrons. The van der Waals surface area contributed by atoms with Crippen molar-refractivity contribution in [3.63, 3.8) is 0 Å².